The number of aromatic nitrogens is 3. The van der Waals surface area contributed by atoms with Gasteiger partial charge in [-0.1, -0.05) is 18.7 Å². The van der Waals surface area contributed by atoms with Crippen LogP contribution in [0.25, 0.3) is 0 Å². The van der Waals surface area contributed by atoms with E-state index in [4.69, 9.17) is 5.11 Å². The summed E-state index contributed by atoms with van der Waals surface area (Å²) in [5, 5.41) is 16.8. The van der Waals surface area contributed by atoms with Gasteiger partial charge in [0.1, 0.15) is 0 Å². The SMILES string of the molecule is CCCn1c(SCC(=O)O)nnc1N(C)CC(F)F. The molecule has 0 radical (unpaired) electrons. The zero-order chi connectivity index (χ0) is 14.4. The molecule has 1 aromatic heterocycles. The Bertz CT molecular complexity index is 428. The normalized spacial score (nSPS) is 11.0. The molecule has 0 saturated carbocycles. The fourth-order valence-corrected chi connectivity index (χ4v) is 2.18. The van der Waals surface area contributed by atoms with Crippen molar-refractivity contribution in [1.82, 2.24) is 14.8 Å². The summed E-state index contributed by atoms with van der Waals surface area (Å²) in [5.41, 5.74) is 0. The van der Waals surface area contributed by atoms with Crippen molar-refractivity contribution in [3.63, 3.8) is 0 Å². The van der Waals surface area contributed by atoms with Crippen molar-refractivity contribution in [2.45, 2.75) is 31.5 Å². The van der Waals surface area contributed by atoms with E-state index in [1.165, 1.54) is 11.9 Å². The number of carboxylic acid groups (broad SMARTS) is 1. The van der Waals surface area contributed by atoms with E-state index in [9.17, 15) is 13.6 Å². The molecular formula is C10H16F2N4O2S. The van der Waals surface area contributed by atoms with E-state index in [1.54, 1.807) is 4.57 Å². The van der Waals surface area contributed by atoms with Gasteiger partial charge in [-0.05, 0) is 6.42 Å². The van der Waals surface area contributed by atoms with Gasteiger partial charge < -0.3 is 10.0 Å². The second kappa shape index (κ2) is 7.27. The summed E-state index contributed by atoms with van der Waals surface area (Å²) in [7, 11) is 1.51. The number of anilines is 1. The highest BCUT2D eigenvalue weighted by atomic mass is 32.2. The zero-order valence-corrected chi connectivity index (χ0v) is 11.5. The van der Waals surface area contributed by atoms with E-state index in [0.717, 1.165) is 18.2 Å². The quantitative estimate of drug-likeness (QED) is 0.734. The van der Waals surface area contributed by atoms with E-state index in [1.807, 2.05) is 6.92 Å². The standard InChI is InChI=1S/C10H16F2N4O2S/c1-3-4-16-9(15(2)5-7(11)12)13-14-10(16)19-6-8(17)18/h7H,3-6H2,1-2H3,(H,17,18). The monoisotopic (exact) mass is 294 g/mol. The minimum atomic E-state index is -2.47. The largest absolute Gasteiger partial charge is 0.481 e. The molecule has 19 heavy (non-hydrogen) atoms. The molecule has 6 nitrogen and oxygen atoms in total. The lowest BCUT2D eigenvalue weighted by molar-refractivity contribution is -0.133. The molecule has 0 aliphatic rings. The second-order valence-corrected chi connectivity index (χ2v) is 4.83. The van der Waals surface area contributed by atoms with Crippen LogP contribution >= 0.6 is 11.8 Å². The van der Waals surface area contributed by atoms with Crippen molar-refractivity contribution in [2.24, 2.45) is 0 Å². The number of thioether (sulfide) groups is 1. The lowest BCUT2D eigenvalue weighted by Gasteiger charge is -2.18. The third-order valence-electron chi connectivity index (χ3n) is 2.22. The van der Waals surface area contributed by atoms with Crippen molar-refractivity contribution >= 4 is 23.7 Å². The van der Waals surface area contributed by atoms with Crippen LogP contribution in [0, 0.1) is 0 Å². The highest BCUT2D eigenvalue weighted by Gasteiger charge is 2.18. The summed E-state index contributed by atoms with van der Waals surface area (Å²) in [4.78, 5) is 11.9. The summed E-state index contributed by atoms with van der Waals surface area (Å²) in [5.74, 6) is -0.769. The van der Waals surface area contributed by atoms with Crippen molar-refractivity contribution in [1.29, 1.82) is 0 Å². The van der Waals surface area contributed by atoms with Gasteiger partial charge in [0.2, 0.25) is 5.95 Å². The molecule has 0 aliphatic heterocycles. The van der Waals surface area contributed by atoms with Crippen LogP contribution in [0.3, 0.4) is 0 Å². The van der Waals surface area contributed by atoms with Crippen LogP contribution in [0.1, 0.15) is 13.3 Å². The molecule has 0 amide bonds. The average Bonchev–Trinajstić information content (AvgIpc) is 2.69. The van der Waals surface area contributed by atoms with Crippen molar-refractivity contribution < 1.29 is 18.7 Å². The fourth-order valence-electron chi connectivity index (χ4n) is 1.50. The summed E-state index contributed by atoms with van der Waals surface area (Å²) >= 11 is 1.03. The summed E-state index contributed by atoms with van der Waals surface area (Å²) in [6.45, 7) is 2.05. The van der Waals surface area contributed by atoms with Gasteiger partial charge in [-0.15, -0.1) is 10.2 Å². The molecule has 0 aromatic carbocycles. The number of alkyl halides is 2. The lowest BCUT2D eigenvalue weighted by Crippen LogP contribution is -2.27. The first-order chi connectivity index (χ1) is 8.95. The first-order valence-electron chi connectivity index (χ1n) is 5.72. The number of hydrogen-bond acceptors (Lipinski definition) is 5. The molecule has 1 heterocycles. The van der Waals surface area contributed by atoms with Crippen LogP contribution < -0.4 is 4.90 Å². The summed E-state index contributed by atoms with van der Waals surface area (Å²) < 4.78 is 26.4. The molecule has 1 aromatic rings. The predicted molar refractivity (Wildman–Crippen MR) is 67.9 cm³/mol. The molecule has 0 saturated heterocycles. The van der Waals surface area contributed by atoms with E-state index < -0.39 is 18.9 Å². The number of halogens is 2. The number of hydrogen-bond donors (Lipinski definition) is 1. The molecule has 1 rings (SSSR count). The minimum absolute atomic E-state index is 0.138. The topological polar surface area (TPSA) is 71.2 Å². The minimum Gasteiger partial charge on any atom is -0.481 e. The van der Waals surface area contributed by atoms with Gasteiger partial charge in [0.25, 0.3) is 6.43 Å². The van der Waals surface area contributed by atoms with Crippen LogP contribution in [-0.2, 0) is 11.3 Å². The average molecular weight is 294 g/mol. The van der Waals surface area contributed by atoms with Crippen LogP contribution in [0.2, 0.25) is 0 Å². The Morgan fingerprint density at radius 1 is 1.53 bits per heavy atom. The smallest absolute Gasteiger partial charge is 0.313 e. The molecular weight excluding hydrogens is 278 g/mol. The van der Waals surface area contributed by atoms with Gasteiger partial charge in [0, 0.05) is 13.6 Å². The van der Waals surface area contributed by atoms with Gasteiger partial charge in [-0.25, -0.2) is 8.78 Å². The molecule has 0 fully saturated rings. The van der Waals surface area contributed by atoms with E-state index in [2.05, 4.69) is 10.2 Å². The maximum absolute atomic E-state index is 12.4. The Kier molecular flexibility index (Phi) is 6.00. The van der Waals surface area contributed by atoms with E-state index in [0.29, 0.717) is 17.6 Å². The van der Waals surface area contributed by atoms with Gasteiger partial charge in [-0.2, -0.15) is 0 Å². The first kappa shape index (κ1) is 15.7. The number of aliphatic carboxylic acids is 1. The summed E-state index contributed by atoms with van der Waals surface area (Å²) in [6.07, 6.45) is -1.69. The van der Waals surface area contributed by atoms with Crippen LogP contribution in [-0.4, -0.2) is 51.6 Å². The van der Waals surface area contributed by atoms with Crippen molar-refractivity contribution in [3.8, 4) is 0 Å². The number of carboxylic acids is 1. The van der Waals surface area contributed by atoms with Crippen molar-refractivity contribution in [2.75, 3.05) is 24.2 Å². The van der Waals surface area contributed by atoms with Gasteiger partial charge >= 0.3 is 5.97 Å². The Hall–Kier alpha value is -1.38. The third-order valence-corrected chi connectivity index (χ3v) is 3.17. The van der Waals surface area contributed by atoms with E-state index in [-0.39, 0.29) is 5.75 Å². The second-order valence-electron chi connectivity index (χ2n) is 3.89. The highest BCUT2D eigenvalue weighted by Crippen LogP contribution is 2.22. The van der Waals surface area contributed by atoms with Crippen LogP contribution in [0.15, 0.2) is 5.16 Å². The Morgan fingerprint density at radius 3 is 2.74 bits per heavy atom. The zero-order valence-electron chi connectivity index (χ0n) is 10.7. The Morgan fingerprint density at radius 2 is 2.21 bits per heavy atom. The Balaban J connectivity index is 2.88. The Labute approximate surface area is 113 Å². The molecule has 1 N–H and O–H groups in total. The maximum atomic E-state index is 12.4. The van der Waals surface area contributed by atoms with Crippen molar-refractivity contribution in [3.05, 3.63) is 0 Å². The van der Waals surface area contributed by atoms with Gasteiger partial charge in [-0.3, -0.25) is 9.36 Å². The molecule has 0 spiro atoms. The lowest BCUT2D eigenvalue weighted by atomic mass is 10.5. The third kappa shape index (κ3) is 4.66. The van der Waals surface area contributed by atoms with Gasteiger partial charge in [0.05, 0.1) is 12.3 Å². The predicted octanol–water partition coefficient (Wildman–Crippen LogP) is 1.57. The molecule has 108 valence electrons. The highest BCUT2D eigenvalue weighted by molar-refractivity contribution is 7.99. The van der Waals surface area contributed by atoms with Crippen LogP contribution in [0.4, 0.5) is 14.7 Å². The molecule has 9 heteroatoms. The molecule has 0 atom stereocenters. The van der Waals surface area contributed by atoms with Gasteiger partial charge in [0.15, 0.2) is 5.16 Å². The summed E-state index contributed by atoms with van der Waals surface area (Å²) in [6, 6.07) is 0. The number of rotatable bonds is 8. The van der Waals surface area contributed by atoms with Crippen LogP contribution in [0.5, 0.6) is 0 Å². The molecule has 0 aliphatic carbocycles. The number of carbonyl (C=O) groups is 1. The first-order valence-corrected chi connectivity index (χ1v) is 6.71. The molecule has 0 unspecified atom stereocenters. The fraction of sp³-hybridized carbons (Fsp3) is 0.700. The molecule has 0 bridgehead atoms. The number of nitrogens with zero attached hydrogens (tertiary/aromatic N) is 4. The van der Waals surface area contributed by atoms with E-state index >= 15 is 0 Å². The maximum Gasteiger partial charge on any atom is 0.313 e.